The number of methoxy groups -OCH3 is 1. The standard InChI is InChI=1S/C22H24FNO3/c1-27-22-9-8-19(25)14-20(22)24(11-10-22)21(26)17-6-2-4-15(12-17)16-5-3-7-18(23)13-16/h2-7,12-13,19-20,25H,8-11,14H2,1H3/t19-,20+,22-/m1/s1. The third-order valence-electron chi connectivity index (χ3n) is 6.09. The van der Waals surface area contributed by atoms with Crippen LogP contribution < -0.4 is 0 Å². The monoisotopic (exact) mass is 369 g/mol. The molecule has 0 aromatic heterocycles. The summed E-state index contributed by atoms with van der Waals surface area (Å²) in [4.78, 5) is 15.1. The molecule has 142 valence electrons. The lowest BCUT2D eigenvalue weighted by Gasteiger charge is -2.42. The Bertz CT molecular complexity index is 855. The average Bonchev–Trinajstić information content (AvgIpc) is 3.07. The first-order valence-corrected chi connectivity index (χ1v) is 9.42. The normalized spacial score (nSPS) is 27.4. The highest BCUT2D eigenvalue weighted by Gasteiger charge is 2.52. The highest BCUT2D eigenvalue weighted by Crippen LogP contribution is 2.43. The molecule has 1 saturated carbocycles. The maximum Gasteiger partial charge on any atom is 0.254 e. The van der Waals surface area contributed by atoms with E-state index in [2.05, 4.69) is 0 Å². The van der Waals surface area contributed by atoms with Gasteiger partial charge in [-0.05, 0) is 61.1 Å². The van der Waals surface area contributed by atoms with Crippen LogP contribution in [0.25, 0.3) is 11.1 Å². The van der Waals surface area contributed by atoms with Crippen LogP contribution in [-0.4, -0.2) is 47.3 Å². The number of hydrogen-bond acceptors (Lipinski definition) is 3. The van der Waals surface area contributed by atoms with Crippen molar-refractivity contribution in [3.63, 3.8) is 0 Å². The third kappa shape index (κ3) is 3.26. The number of aliphatic hydroxyl groups excluding tert-OH is 1. The van der Waals surface area contributed by atoms with Crippen LogP contribution in [-0.2, 0) is 4.74 Å². The number of aliphatic hydroxyl groups is 1. The van der Waals surface area contributed by atoms with Gasteiger partial charge in [0.25, 0.3) is 5.91 Å². The zero-order chi connectivity index (χ0) is 19.0. The molecule has 3 atom stereocenters. The van der Waals surface area contributed by atoms with Gasteiger partial charge in [-0.1, -0.05) is 24.3 Å². The molecule has 4 nitrogen and oxygen atoms in total. The van der Waals surface area contributed by atoms with Gasteiger partial charge in [0.2, 0.25) is 0 Å². The largest absolute Gasteiger partial charge is 0.393 e. The lowest BCUT2D eigenvalue weighted by atomic mass is 9.79. The first-order chi connectivity index (χ1) is 13.0. The Kier molecular flexibility index (Phi) is 4.74. The Labute approximate surface area is 158 Å². The van der Waals surface area contributed by atoms with Gasteiger partial charge in [-0.2, -0.15) is 0 Å². The van der Waals surface area contributed by atoms with Gasteiger partial charge in [-0.25, -0.2) is 4.39 Å². The van der Waals surface area contributed by atoms with E-state index in [-0.39, 0.29) is 23.4 Å². The molecule has 0 unspecified atom stereocenters. The maximum absolute atomic E-state index is 13.5. The number of halogens is 1. The second-order valence-corrected chi connectivity index (χ2v) is 7.55. The molecule has 5 heteroatoms. The smallest absolute Gasteiger partial charge is 0.254 e. The molecule has 0 spiro atoms. The number of fused-ring (bicyclic) bond motifs is 1. The number of amides is 1. The average molecular weight is 369 g/mol. The van der Waals surface area contributed by atoms with Gasteiger partial charge in [0.15, 0.2) is 0 Å². The summed E-state index contributed by atoms with van der Waals surface area (Å²) in [5.41, 5.74) is 1.77. The number of likely N-dealkylation sites (tertiary alicyclic amines) is 1. The lowest BCUT2D eigenvalue weighted by Crippen LogP contribution is -2.52. The number of nitrogens with zero attached hydrogens (tertiary/aromatic N) is 1. The summed E-state index contributed by atoms with van der Waals surface area (Å²) in [6, 6.07) is 13.5. The van der Waals surface area contributed by atoms with Crippen molar-refractivity contribution in [2.75, 3.05) is 13.7 Å². The van der Waals surface area contributed by atoms with Crippen LogP contribution in [0.15, 0.2) is 48.5 Å². The summed E-state index contributed by atoms with van der Waals surface area (Å²) in [7, 11) is 1.70. The quantitative estimate of drug-likeness (QED) is 0.899. The Balaban J connectivity index is 1.62. The molecule has 27 heavy (non-hydrogen) atoms. The highest BCUT2D eigenvalue weighted by molar-refractivity contribution is 5.96. The van der Waals surface area contributed by atoms with E-state index < -0.39 is 6.10 Å². The maximum atomic E-state index is 13.5. The predicted octanol–water partition coefficient (Wildman–Crippen LogP) is 3.64. The molecule has 4 rings (SSSR count). The van der Waals surface area contributed by atoms with Crippen LogP contribution in [0.2, 0.25) is 0 Å². The Morgan fingerprint density at radius 3 is 2.67 bits per heavy atom. The van der Waals surface area contributed by atoms with Crippen LogP contribution in [0.4, 0.5) is 4.39 Å². The van der Waals surface area contributed by atoms with Crippen LogP contribution in [0, 0.1) is 5.82 Å². The lowest BCUT2D eigenvalue weighted by molar-refractivity contribution is -0.0824. The first-order valence-electron chi connectivity index (χ1n) is 9.42. The van der Waals surface area contributed by atoms with E-state index in [1.807, 2.05) is 29.2 Å². The molecule has 1 amide bonds. The Hall–Kier alpha value is -2.24. The molecule has 2 aliphatic rings. The minimum atomic E-state index is -0.398. The van der Waals surface area contributed by atoms with Crippen LogP contribution in [0.3, 0.4) is 0 Å². The fourth-order valence-electron chi connectivity index (χ4n) is 4.59. The zero-order valence-corrected chi connectivity index (χ0v) is 15.4. The summed E-state index contributed by atoms with van der Waals surface area (Å²) in [5.74, 6) is -0.365. The number of ether oxygens (including phenoxy) is 1. The van der Waals surface area contributed by atoms with Gasteiger partial charge in [-0.3, -0.25) is 4.79 Å². The fourth-order valence-corrected chi connectivity index (χ4v) is 4.59. The minimum Gasteiger partial charge on any atom is -0.393 e. The van der Waals surface area contributed by atoms with Crippen LogP contribution in [0.1, 0.15) is 36.0 Å². The number of carbonyl (C=O) groups excluding carboxylic acids is 1. The second kappa shape index (κ2) is 7.06. The molecule has 1 aliphatic heterocycles. The van der Waals surface area contributed by atoms with E-state index in [1.54, 1.807) is 19.2 Å². The molecular formula is C22H24FNO3. The first kappa shape index (κ1) is 18.1. The molecular weight excluding hydrogens is 345 g/mol. The molecule has 1 saturated heterocycles. The van der Waals surface area contributed by atoms with Crippen LogP contribution >= 0.6 is 0 Å². The number of rotatable bonds is 3. The predicted molar refractivity (Wildman–Crippen MR) is 101 cm³/mol. The van der Waals surface area contributed by atoms with E-state index in [9.17, 15) is 14.3 Å². The van der Waals surface area contributed by atoms with Gasteiger partial charge < -0.3 is 14.7 Å². The molecule has 2 fully saturated rings. The van der Waals surface area contributed by atoms with Gasteiger partial charge in [0, 0.05) is 19.2 Å². The van der Waals surface area contributed by atoms with Crippen molar-refractivity contribution >= 4 is 5.91 Å². The second-order valence-electron chi connectivity index (χ2n) is 7.55. The van der Waals surface area contributed by atoms with E-state index >= 15 is 0 Å². The molecule has 0 bridgehead atoms. The minimum absolute atomic E-state index is 0.0636. The fraction of sp³-hybridized carbons (Fsp3) is 0.409. The van der Waals surface area contributed by atoms with Crippen molar-refractivity contribution in [2.24, 2.45) is 0 Å². The SMILES string of the molecule is CO[C@@]12CC[C@@H](O)C[C@@H]1N(C(=O)c1cccc(-c3cccc(F)c3)c1)CC2. The van der Waals surface area contributed by atoms with E-state index in [0.717, 1.165) is 24.0 Å². The van der Waals surface area contributed by atoms with Crippen molar-refractivity contribution in [3.05, 3.63) is 59.9 Å². The molecule has 0 radical (unpaired) electrons. The molecule has 1 heterocycles. The summed E-state index contributed by atoms with van der Waals surface area (Å²) >= 11 is 0. The summed E-state index contributed by atoms with van der Waals surface area (Å²) < 4.78 is 19.4. The van der Waals surface area contributed by atoms with Crippen molar-refractivity contribution < 1.29 is 19.0 Å². The number of carbonyl (C=O) groups is 1. The highest BCUT2D eigenvalue weighted by atomic mass is 19.1. The summed E-state index contributed by atoms with van der Waals surface area (Å²) in [6.07, 6.45) is 2.41. The molecule has 2 aromatic rings. The van der Waals surface area contributed by atoms with Crippen molar-refractivity contribution in [1.29, 1.82) is 0 Å². The number of benzene rings is 2. The van der Waals surface area contributed by atoms with Gasteiger partial charge >= 0.3 is 0 Å². The van der Waals surface area contributed by atoms with Crippen molar-refractivity contribution in [2.45, 2.75) is 43.4 Å². The topological polar surface area (TPSA) is 49.8 Å². The van der Waals surface area contributed by atoms with Crippen molar-refractivity contribution in [3.8, 4) is 11.1 Å². The van der Waals surface area contributed by atoms with Gasteiger partial charge in [0.05, 0.1) is 17.7 Å². The van der Waals surface area contributed by atoms with E-state index in [4.69, 9.17) is 4.74 Å². The van der Waals surface area contributed by atoms with Crippen LogP contribution in [0.5, 0.6) is 0 Å². The molecule has 1 aliphatic carbocycles. The Morgan fingerprint density at radius 1 is 1.19 bits per heavy atom. The summed E-state index contributed by atoms with van der Waals surface area (Å²) in [5, 5.41) is 10.1. The Morgan fingerprint density at radius 2 is 1.93 bits per heavy atom. The van der Waals surface area contributed by atoms with Crippen molar-refractivity contribution in [1.82, 2.24) is 4.90 Å². The molecule has 2 aromatic carbocycles. The van der Waals surface area contributed by atoms with Gasteiger partial charge in [-0.15, -0.1) is 0 Å². The van der Waals surface area contributed by atoms with E-state index in [1.165, 1.54) is 12.1 Å². The van der Waals surface area contributed by atoms with E-state index in [0.29, 0.717) is 24.9 Å². The zero-order valence-electron chi connectivity index (χ0n) is 15.4. The number of hydrogen-bond donors (Lipinski definition) is 1. The summed E-state index contributed by atoms with van der Waals surface area (Å²) in [6.45, 7) is 0.619. The molecule has 1 N–H and O–H groups in total. The van der Waals surface area contributed by atoms with Gasteiger partial charge in [0.1, 0.15) is 5.82 Å². The third-order valence-corrected chi connectivity index (χ3v) is 6.09.